The lowest BCUT2D eigenvalue weighted by atomic mass is 9.78. The quantitative estimate of drug-likeness (QED) is 0.634. The third-order valence-electron chi connectivity index (χ3n) is 5.87. The van der Waals surface area contributed by atoms with E-state index in [0.717, 1.165) is 19.4 Å². The van der Waals surface area contributed by atoms with Gasteiger partial charge >= 0.3 is 12.0 Å². The van der Waals surface area contributed by atoms with Crippen molar-refractivity contribution in [1.82, 2.24) is 15.5 Å². The van der Waals surface area contributed by atoms with E-state index in [-0.39, 0.29) is 30.1 Å². The SMILES string of the molecule is CCN(CC(=O)O)C1CC(NC(=O)NCC(C)(C)C2CCCC2)C1. The number of hydrogen-bond donors (Lipinski definition) is 3. The van der Waals surface area contributed by atoms with E-state index >= 15 is 0 Å². The average molecular weight is 339 g/mol. The number of rotatable bonds is 8. The molecule has 0 spiro atoms. The van der Waals surface area contributed by atoms with Gasteiger partial charge in [-0.25, -0.2) is 4.79 Å². The van der Waals surface area contributed by atoms with Crippen LogP contribution in [-0.4, -0.2) is 53.7 Å². The van der Waals surface area contributed by atoms with Gasteiger partial charge in [0.1, 0.15) is 0 Å². The highest BCUT2D eigenvalue weighted by atomic mass is 16.4. The van der Waals surface area contributed by atoms with Crippen molar-refractivity contribution < 1.29 is 14.7 Å². The van der Waals surface area contributed by atoms with Crippen molar-refractivity contribution in [2.24, 2.45) is 11.3 Å². The van der Waals surface area contributed by atoms with Crippen molar-refractivity contribution in [2.75, 3.05) is 19.6 Å². The molecule has 0 radical (unpaired) electrons. The lowest BCUT2D eigenvalue weighted by molar-refractivity contribution is -0.139. The molecule has 24 heavy (non-hydrogen) atoms. The third kappa shape index (κ3) is 5.10. The van der Waals surface area contributed by atoms with Crippen LogP contribution in [0.25, 0.3) is 0 Å². The van der Waals surface area contributed by atoms with Gasteiger partial charge in [0, 0.05) is 18.6 Å². The molecule has 6 nitrogen and oxygen atoms in total. The van der Waals surface area contributed by atoms with Crippen LogP contribution in [0.5, 0.6) is 0 Å². The minimum atomic E-state index is -0.792. The summed E-state index contributed by atoms with van der Waals surface area (Å²) in [5.74, 6) is -0.0832. The normalized spacial score (nSPS) is 24.7. The molecule has 2 rings (SSSR count). The third-order valence-corrected chi connectivity index (χ3v) is 5.87. The number of carboxylic acid groups (broad SMARTS) is 1. The second kappa shape index (κ2) is 8.19. The number of aliphatic carboxylic acids is 1. The first-order chi connectivity index (χ1) is 11.3. The maximum atomic E-state index is 12.1. The van der Waals surface area contributed by atoms with Crippen LogP contribution < -0.4 is 10.6 Å². The van der Waals surface area contributed by atoms with E-state index in [2.05, 4.69) is 24.5 Å². The number of amides is 2. The summed E-state index contributed by atoms with van der Waals surface area (Å²) in [6, 6.07) is 0.338. The first kappa shape index (κ1) is 19.0. The Labute approximate surface area is 145 Å². The molecule has 2 fully saturated rings. The molecule has 0 aromatic rings. The first-order valence-electron chi connectivity index (χ1n) is 9.32. The number of hydrogen-bond acceptors (Lipinski definition) is 3. The fraction of sp³-hybridized carbons (Fsp3) is 0.889. The van der Waals surface area contributed by atoms with E-state index < -0.39 is 5.97 Å². The van der Waals surface area contributed by atoms with Gasteiger partial charge in [-0.1, -0.05) is 33.6 Å². The first-order valence-corrected chi connectivity index (χ1v) is 9.32. The summed E-state index contributed by atoms with van der Waals surface area (Å²) in [6.07, 6.45) is 6.84. The summed E-state index contributed by atoms with van der Waals surface area (Å²) in [7, 11) is 0. The zero-order valence-corrected chi connectivity index (χ0v) is 15.3. The summed E-state index contributed by atoms with van der Waals surface area (Å²) in [6.45, 7) is 7.98. The Kier molecular flexibility index (Phi) is 6.49. The Hall–Kier alpha value is -1.30. The standard InChI is InChI=1S/C18H33N3O3/c1-4-21(11-16(22)23)15-9-14(10-15)20-17(24)19-12-18(2,3)13-7-5-6-8-13/h13-15H,4-12H2,1-3H3,(H,22,23)(H2,19,20,24). The van der Waals surface area contributed by atoms with Gasteiger partial charge in [0.2, 0.25) is 0 Å². The fourth-order valence-corrected chi connectivity index (χ4v) is 4.07. The minimum absolute atomic E-state index is 0.0790. The van der Waals surface area contributed by atoms with E-state index in [1.54, 1.807) is 0 Å². The van der Waals surface area contributed by atoms with Gasteiger partial charge in [0.05, 0.1) is 6.54 Å². The number of urea groups is 1. The zero-order chi connectivity index (χ0) is 17.7. The molecule has 2 aliphatic rings. The Morgan fingerprint density at radius 3 is 2.38 bits per heavy atom. The Bertz CT molecular complexity index is 441. The molecule has 3 N–H and O–H groups in total. The second-order valence-corrected chi connectivity index (χ2v) is 8.08. The van der Waals surface area contributed by atoms with Crippen LogP contribution in [0.2, 0.25) is 0 Å². The van der Waals surface area contributed by atoms with Gasteiger partial charge in [-0.05, 0) is 43.6 Å². The van der Waals surface area contributed by atoms with Gasteiger partial charge in [-0.15, -0.1) is 0 Å². The van der Waals surface area contributed by atoms with Crippen molar-refractivity contribution in [3.05, 3.63) is 0 Å². The van der Waals surface area contributed by atoms with Gasteiger partial charge in [0.15, 0.2) is 0 Å². The molecule has 0 bridgehead atoms. The molecule has 0 heterocycles. The number of carbonyl (C=O) groups excluding carboxylic acids is 1. The van der Waals surface area contributed by atoms with E-state index in [1.165, 1.54) is 25.7 Å². The van der Waals surface area contributed by atoms with Crippen molar-refractivity contribution in [3.8, 4) is 0 Å². The highest BCUT2D eigenvalue weighted by Gasteiger charge is 2.35. The summed E-state index contributed by atoms with van der Waals surface area (Å²) in [4.78, 5) is 24.9. The van der Waals surface area contributed by atoms with Crippen LogP contribution >= 0.6 is 0 Å². The molecular weight excluding hydrogens is 306 g/mol. The second-order valence-electron chi connectivity index (χ2n) is 8.08. The van der Waals surface area contributed by atoms with Crippen LogP contribution in [0.1, 0.15) is 59.3 Å². The fourth-order valence-electron chi connectivity index (χ4n) is 4.07. The van der Waals surface area contributed by atoms with E-state index in [0.29, 0.717) is 12.5 Å². The van der Waals surface area contributed by atoms with E-state index in [4.69, 9.17) is 5.11 Å². The molecule has 0 aromatic heterocycles. The number of carbonyl (C=O) groups is 2. The molecule has 0 unspecified atom stereocenters. The van der Waals surface area contributed by atoms with Gasteiger partial charge < -0.3 is 15.7 Å². The highest BCUT2D eigenvalue weighted by molar-refractivity contribution is 5.74. The van der Waals surface area contributed by atoms with Crippen LogP contribution in [0, 0.1) is 11.3 Å². The minimum Gasteiger partial charge on any atom is -0.480 e. The average Bonchev–Trinajstić information content (AvgIpc) is 3.01. The molecule has 138 valence electrons. The molecule has 0 atom stereocenters. The molecular formula is C18H33N3O3. The van der Waals surface area contributed by atoms with Crippen molar-refractivity contribution in [2.45, 2.75) is 71.4 Å². The van der Waals surface area contributed by atoms with Crippen molar-refractivity contribution in [3.63, 3.8) is 0 Å². The smallest absolute Gasteiger partial charge is 0.317 e. The Morgan fingerprint density at radius 1 is 1.21 bits per heavy atom. The lowest BCUT2D eigenvalue weighted by Gasteiger charge is -2.42. The van der Waals surface area contributed by atoms with Gasteiger partial charge in [-0.3, -0.25) is 9.69 Å². The van der Waals surface area contributed by atoms with Crippen molar-refractivity contribution in [1.29, 1.82) is 0 Å². The molecule has 2 amide bonds. The molecule has 0 aromatic carbocycles. The number of likely N-dealkylation sites (N-methyl/N-ethyl adjacent to an activating group) is 1. The van der Waals surface area contributed by atoms with E-state index in [1.807, 2.05) is 11.8 Å². The number of carboxylic acids is 1. The monoisotopic (exact) mass is 339 g/mol. The van der Waals surface area contributed by atoms with Crippen LogP contribution in [0.3, 0.4) is 0 Å². The number of nitrogens with one attached hydrogen (secondary N) is 2. The van der Waals surface area contributed by atoms with Gasteiger partial charge in [-0.2, -0.15) is 0 Å². The molecule has 0 aliphatic heterocycles. The van der Waals surface area contributed by atoms with Crippen molar-refractivity contribution >= 4 is 12.0 Å². The predicted molar refractivity (Wildman–Crippen MR) is 94.0 cm³/mol. The molecule has 2 saturated carbocycles. The highest BCUT2D eigenvalue weighted by Crippen LogP contribution is 2.39. The molecule has 2 aliphatic carbocycles. The summed E-state index contributed by atoms with van der Waals surface area (Å²) >= 11 is 0. The summed E-state index contributed by atoms with van der Waals surface area (Å²) in [5.41, 5.74) is 0.149. The lowest BCUT2D eigenvalue weighted by Crippen LogP contribution is -2.56. The maximum absolute atomic E-state index is 12.1. The number of nitrogens with zero attached hydrogens (tertiary/aromatic N) is 1. The van der Waals surface area contributed by atoms with Gasteiger partial charge in [0.25, 0.3) is 0 Å². The van der Waals surface area contributed by atoms with Crippen LogP contribution in [-0.2, 0) is 4.79 Å². The largest absolute Gasteiger partial charge is 0.480 e. The zero-order valence-electron chi connectivity index (χ0n) is 15.3. The summed E-state index contributed by atoms with van der Waals surface area (Å²) in [5, 5.41) is 15.0. The predicted octanol–water partition coefficient (Wildman–Crippen LogP) is 2.44. The molecule has 0 saturated heterocycles. The van der Waals surface area contributed by atoms with Crippen LogP contribution in [0.15, 0.2) is 0 Å². The topological polar surface area (TPSA) is 81.7 Å². The molecule has 6 heteroatoms. The summed E-state index contributed by atoms with van der Waals surface area (Å²) < 4.78 is 0. The maximum Gasteiger partial charge on any atom is 0.317 e. The Balaban J connectivity index is 1.66. The Morgan fingerprint density at radius 2 is 1.83 bits per heavy atom. The van der Waals surface area contributed by atoms with E-state index in [9.17, 15) is 9.59 Å². The van der Waals surface area contributed by atoms with Crippen LogP contribution in [0.4, 0.5) is 4.79 Å².